The lowest BCUT2D eigenvalue weighted by atomic mass is 9.93. The van der Waals surface area contributed by atoms with Crippen LogP contribution in [0.1, 0.15) is 27.7 Å². The molecule has 0 aliphatic carbocycles. The van der Waals surface area contributed by atoms with Gasteiger partial charge in [0, 0.05) is 7.11 Å². The SMILES string of the molecule is B[C@@H]1O[C@H](COC(C)C)[C@@H](OP(=O)(O)C(C)C)[C@H]1OC. The van der Waals surface area contributed by atoms with Gasteiger partial charge in [-0.25, -0.2) is 0 Å². The van der Waals surface area contributed by atoms with Gasteiger partial charge in [0.05, 0.1) is 24.4 Å². The van der Waals surface area contributed by atoms with E-state index >= 15 is 0 Å². The minimum absolute atomic E-state index is 0.0576. The molecule has 0 amide bonds. The topological polar surface area (TPSA) is 74.2 Å². The van der Waals surface area contributed by atoms with Crippen molar-refractivity contribution in [3.05, 3.63) is 0 Å². The van der Waals surface area contributed by atoms with Crippen LogP contribution >= 0.6 is 7.60 Å². The van der Waals surface area contributed by atoms with Crippen molar-refractivity contribution in [1.82, 2.24) is 0 Å². The van der Waals surface area contributed by atoms with E-state index in [2.05, 4.69) is 0 Å². The summed E-state index contributed by atoms with van der Waals surface area (Å²) in [5.41, 5.74) is -0.470. The van der Waals surface area contributed by atoms with Crippen LogP contribution < -0.4 is 0 Å². The van der Waals surface area contributed by atoms with Crippen molar-refractivity contribution < 1.29 is 28.2 Å². The quantitative estimate of drug-likeness (QED) is 0.553. The van der Waals surface area contributed by atoms with Crippen LogP contribution in [0.25, 0.3) is 0 Å². The zero-order valence-electron chi connectivity index (χ0n) is 13.1. The van der Waals surface area contributed by atoms with E-state index in [1.165, 1.54) is 0 Å². The lowest BCUT2D eigenvalue weighted by Gasteiger charge is -2.27. The highest BCUT2D eigenvalue weighted by molar-refractivity contribution is 7.53. The van der Waals surface area contributed by atoms with E-state index in [0.29, 0.717) is 6.61 Å². The molecule has 8 heteroatoms. The van der Waals surface area contributed by atoms with Crippen LogP contribution in [0.5, 0.6) is 0 Å². The Morgan fingerprint density at radius 2 is 1.90 bits per heavy atom. The monoisotopic (exact) mass is 308 g/mol. The highest BCUT2D eigenvalue weighted by Crippen LogP contribution is 2.50. The molecule has 1 N–H and O–H groups in total. The predicted octanol–water partition coefficient (Wildman–Crippen LogP) is 0.763. The van der Waals surface area contributed by atoms with Crippen molar-refractivity contribution in [2.45, 2.75) is 63.8 Å². The average Bonchev–Trinajstić information content (AvgIpc) is 2.61. The second-order valence-corrected chi connectivity index (χ2v) is 8.06. The summed E-state index contributed by atoms with van der Waals surface area (Å²) in [4.78, 5) is 9.93. The summed E-state index contributed by atoms with van der Waals surface area (Å²) in [7, 11) is -0.286. The molecule has 1 fully saturated rings. The van der Waals surface area contributed by atoms with Gasteiger partial charge in [-0.1, -0.05) is 13.8 Å². The van der Waals surface area contributed by atoms with Gasteiger partial charge < -0.3 is 19.1 Å². The van der Waals surface area contributed by atoms with Gasteiger partial charge >= 0.3 is 7.60 Å². The third-order valence-corrected chi connectivity index (χ3v) is 5.18. The van der Waals surface area contributed by atoms with Crippen LogP contribution in [0.4, 0.5) is 0 Å². The van der Waals surface area contributed by atoms with Crippen molar-refractivity contribution in [3.8, 4) is 0 Å². The van der Waals surface area contributed by atoms with Gasteiger partial charge in [-0.3, -0.25) is 9.09 Å². The first kappa shape index (κ1) is 18.1. The third kappa shape index (κ3) is 4.55. The van der Waals surface area contributed by atoms with E-state index < -0.39 is 25.5 Å². The summed E-state index contributed by atoms with van der Waals surface area (Å²) < 4.78 is 34.2. The first-order valence-corrected chi connectivity index (χ1v) is 8.64. The average molecular weight is 308 g/mol. The van der Waals surface area contributed by atoms with Gasteiger partial charge in [0.25, 0.3) is 0 Å². The Morgan fingerprint density at radius 3 is 2.35 bits per heavy atom. The van der Waals surface area contributed by atoms with Crippen LogP contribution in [0.15, 0.2) is 0 Å². The fraction of sp³-hybridized carbons (Fsp3) is 1.00. The number of methoxy groups -OCH3 is 1. The van der Waals surface area contributed by atoms with Crippen molar-refractivity contribution >= 4 is 15.4 Å². The van der Waals surface area contributed by atoms with Gasteiger partial charge in [-0.05, 0) is 13.8 Å². The molecule has 20 heavy (non-hydrogen) atoms. The first-order valence-electron chi connectivity index (χ1n) is 6.99. The molecule has 0 spiro atoms. The minimum atomic E-state index is -3.69. The number of ether oxygens (including phenoxy) is 3. The van der Waals surface area contributed by atoms with Gasteiger partial charge in [0.2, 0.25) is 0 Å². The summed E-state index contributed by atoms with van der Waals surface area (Å²) in [5, 5.41) is 0. The highest BCUT2D eigenvalue weighted by Gasteiger charge is 2.47. The fourth-order valence-corrected chi connectivity index (χ4v) is 2.93. The molecule has 0 aromatic rings. The van der Waals surface area contributed by atoms with E-state index in [0.717, 1.165) is 0 Å². The van der Waals surface area contributed by atoms with Gasteiger partial charge in [0.15, 0.2) is 0 Å². The molecule has 0 aromatic heterocycles. The van der Waals surface area contributed by atoms with E-state index in [9.17, 15) is 9.46 Å². The molecule has 1 heterocycles. The van der Waals surface area contributed by atoms with E-state index in [-0.39, 0.29) is 18.2 Å². The van der Waals surface area contributed by atoms with E-state index in [4.69, 9.17) is 18.7 Å². The summed E-state index contributed by atoms with van der Waals surface area (Å²) in [6, 6.07) is -0.210. The Balaban J connectivity index is 2.80. The molecular weight excluding hydrogens is 282 g/mol. The number of hydrogen-bond acceptors (Lipinski definition) is 5. The number of rotatable bonds is 7. The largest absolute Gasteiger partial charge is 0.377 e. The predicted molar refractivity (Wildman–Crippen MR) is 78.9 cm³/mol. The Bertz CT molecular complexity index is 351. The molecular formula is C12H26BO6P. The van der Waals surface area contributed by atoms with E-state index in [1.807, 2.05) is 21.7 Å². The zero-order valence-corrected chi connectivity index (χ0v) is 14.0. The van der Waals surface area contributed by atoms with Crippen molar-refractivity contribution in [2.24, 2.45) is 0 Å². The van der Waals surface area contributed by atoms with Crippen LogP contribution in [0, 0.1) is 0 Å². The second-order valence-electron chi connectivity index (χ2n) is 5.69. The smallest absolute Gasteiger partial charge is 0.331 e. The van der Waals surface area contributed by atoms with E-state index in [1.54, 1.807) is 21.0 Å². The van der Waals surface area contributed by atoms with Gasteiger partial charge in [0.1, 0.15) is 26.2 Å². The molecule has 5 atom stereocenters. The second kappa shape index (κ2) is 7.39. The summed E-state index contributed by atoms with van der Waals surface area (Å²) in [6.07, 6.45) is -1.33. The summed E-state index contributed by atoms with van der Waals surface area (Å²) in [6.45, 7) is 7.47. The molecule has 1 unspecified atom stereocenters. The maximum atomic E-state index is 12.1. The Hall–Kier alpha value is 0.0949. The highest BCUT2D eigenvalue weighted by atomic mass is 31.2. The van der Waals surface area contributed by atoms with Crippen molar-refractivity contribution in [2.75, 3.05) is 13.7 Å². The lowest BCUT2D eigenvalue weighted by molar-refractivity contribution is -0.0454. The minimum Gasteiger partial charge on any atom is -0.377 e. The summed E-state index contributed by atoms with van der Waals surface area (Å²) >= 11 is 0. The molecule has 118 valence electrons. The van der Waals surface area contributed by atoms with Crippen LogP contribution in [-0.2, 0) is 23.3 Å². The van der Waals surface area contributed by atoms with Crippen molar-refractivity contribution in [3.63, 3.8) is 0 Å². The maximum Gasteiger partial charge on any atom is 0.331 e. The van der Waals surface area contributed by atoms with Crippen molar-refractivity contribution in [1.29, 1.82) is 0 Å². The van der Waals surface area contributed by atoms with Gasteiger partial charge in [-0.2, -0.15) is 0 Å². The fourth-order valence-electron chi connectivity index (χ4n) is 2.08. The molecule has 1 aliphatic rings. The standard InChI is InChI=1S/C12H26BO6P/c1-7(2)17-6-9-10(11(16-5)12(13)18-9)19-20(14,15)8(3)4/h7-12H,6,13H2,1-5H3,(H,14,15)/t9-,10-,11-,12-/m1/s1. The molecule has 1 rings (SSSR count). The molecule has 0 aromatic carbocycles. The lowest BCUT2D eigenvalue weighted by Crippen LogP contribution is -2.38. The number of hydrogen-bond donors (Lipinski definition) is 1. The molecule has 1 aliphatic heterocycles. The van der Waals surface area contributed by atoms with Crippen LogP contribution in [0.2, 0.25) is 0 Å². The Morgan fingerprint density at radius 1 is 1.30 bits per heavy atom. The van der Waals surface area contributed by atoms with Gasteiger partial charge in [-0.15, -0.1) is 0 Å². The molecule has 0 saturated carbocycles. The Kier molecular flexibility index (Phi) is 6.70. The molecule has 1 saturated heterocycles. The normalized spacial score (nSPS) is 33.8. The Labute approximate surface area is 122 Å². The van der Waals surface area contributed by atoms with Crippen LogP contribution in [0.3, 0.4) is 0 Å². The maximum absolute atomic E-state index is 12.1. The zero-order chi connectivity index (χ0) is 15.5. The summed E-state index contributed by atoms with van der Waals surface area (Å²) in [5.74, 6) is 0. The molecule has 0 bridgehead atoms. The third-order valence-electron chi connectivity index (χ3n) is 3.33. The van der Waals surface area contributed by atoms with Crippen LogP contribution in [-0.4, -0.2) is 62.5 Å². The molecule has 0 radical (unpaired) electrons. The first-order chi connectivity index (χ1) is 9.19. The molecule has 6 nitrogen and oxygen atoms in total.